The lowest BCUT2D eigenvalue weighted by atomic mass is 9.79. The zero-order valence-electron chi connectivity index (χ0n) is 22.2. The molecule has 0 aliphatic carbocycles. The molecule has 0 atom stereocenters. The number of hydrogen-bond donors (Lipinski definition) is 0. The first kappa shape index (κ1) is 32.8. The van der Waals surface area contributed by atoms with Crippen molar-refractivity contribution in [3.05, 3.63) is 49.6 Å². The van der Waals surface area contributed by atoms with Crippen molar-refractivity contribution in [3.63, 3.8) is 0 Å². The van der Waals surface area contributed by atoms with Gasteiger partial charge in [-0.2, -0.15) is 0 Å². The second-order valence-corrected chi connectivity index (χ2v) is 7.97. The van der Waals surface area contributed by atoms with Gasteiger partial charge in [-0.25, -0.2) is 0 Å². The average molecular weight is 507 g/mol. The third-order valence-corrected chi connectivity index (χ3v) is 5.53. The zero-order chi connectivity index (χ0) is 27.5. The molecule has 8 heteroatoms. The summed E-state index contributed by atoms with van der Waals surface area (Å²) in [7, 11) is 0. The maximum absolute atomic E-state index is 12.8. The Bertz CT molecular complexity index is 691. The summed E-state index contributed by atoms with van der Waals surface area (Å²) in [5, 5.41) is 0. The number of carbonyl (C=O) groups is 4. The summed E-state index contributed by atoms with van der Waals surface area (Å²) in [6.45, 7) is 14.6. The predicted octanol–water partition coefficient (Wildman–Crippen LogP) is 5.04. The van der Waals surface area contributed by atoms with Crippen molar-refractivity contribution in [2.24, 2.45) is 10.8 Å². The summed E-state index contributed by atoms with van der Waals surface area (Å²) in [5.41, 5.74) is -2.98. The monoisotopic (exact) mass is 506 g/mol. The molecule has 8 nitrogen and oxygen atoms in total. The molecule has 0 amide bonds. The Morgan fingerprint density at radius 1 is 0.583 bits per heavy atom. The van der Waals surface area contributed by atoms with E-state index in [2.05, 4.69) is 13.2 Å². The molecule has 0 radical (unpaired) electrons. The molecule has 0 bridgehead atoms. The summed E-state index contributed by atoms with van der Waals surface area (Å²) in [6, 6.07) is 0. The van der Waals surface area contributed by atoms with Crippen LogP contribution in [-0.2, 0) is 38.1 Å². The van der Waals surface area contributed by atoms with Crippen molar-refractivity contribution in [2.75, 3.05) is 26.4 Å². The molecule has 0 rings (SSSR count). The van der Waals surface area contributed by atoms with Gasteiger partial charge in [-0.15, -0.1) is 13.2 Å². The summed E-state index contributed by atoms with van der Waals surface area (Å²) < 4.78 is 20.8. The van der Waals surface area contributed by atoms with Crippen LogP contribution < -0.4 is 0 Å². The van der Waals surface area contributed by atoms with E-state index in [4.69, 9.17) is 18.9 Å². The van der Waals surface area contributed by atoms with Crippen LogP contribution in [0.15, 0.2) is 49.6 Å². The topological polar surface area (TPSA) is 105 Å². The molecule has 0 aliphatic heterocycles. The second kappa shape index (κ2) is 18.2. The van der Waals surface area contributed by atoms with Crippen molar-refractivity contribution in [1.29, 1.82) is 0 Å². The van der Waals surface area contributed by atoms with Crippen LogP contribution in [0.25, 0.3) is 0 Å². The van der Waals surface area contributed by atoms with Gasteiger partial charge in [0, 0.05) is 0 Å². The number of esters is 4. The Kier molecular flexibility index (Phi) is 16.6. The summed E-state index contributed by atoms with van der Waals surface area (Å²) in [6.07, 6.45) is 11.2. The number of carbonyl (C=O) groups excluding carboxylic acids is 4. The lowest BCUT2D eigenvalue weighted by Gasteiger charge is -2.28. The van der Waals surface area contributed by atoms with Gasteiger partial charge in [0.15, 0.2) is 10.8 Å². The van der Waals surface area contributed by atoms with E-state index in [1.807, 2.05) is 0 Å². The van der Waals surface area contributed by atoms with Crippen LogP contribution in [-0.4, -0.2) is 50.3 Å². The molecule has 0 aromatic rings. The first-order valence-corrected chi connectivity index (χ1v) is 12.5. The fourth-order valence-corrected chi connectivity index (χ4v) is 3.58. The molecular formula is C28H42O8. The molecule has 0 aromatic carbocycles. The van der Waals surface area contributed by atoms with E-state index in [0.29, 0.717) is 12.8 Å². The Hall–Kier alpha value is -3.16. The van der Waals surface area contributed by atoms with E-state index in [1.165, 1.54) is 0 Å². The van der Waals surface area contributed by atoms with Gasteiger partial charge in [0.05, 0.1) is 26.4 Å². The van der Waals surface area contributed by atoms with E-state index >= 15 is 0 Å². The van der Waals surface area contributed by atoms with Gasteiger partial charge in [0.1, 0.15) is 0 Å². The molecule has 0 heterocycles. The zero-order valence-corrected chi connectivity index (χ0v) is 22.2. The highest BCUT2D eigenvalue weighted by Gasteiger charge is 2.48. The molecule has 0 aromatic heterocycles. The molecule has 0 spiro atoms. The minimum absolute atomic E-state index is 0.0558. The summed E-state index contributed by atoms with van der Waals surface area (Å²) >= 11 is 0. The van der Waals surface area contributed by atoms with Crippen molar-refractivity contribution >= 4 is 23.9 Å². The SMILES string of the molecule is C=CCCC(C/C=C/C=C/CC(CCC=C)(C(=O)OCC)C(=O)OCC)(C(=O)OCC)C(=O)OCC. The van der Waals surface area contributed by atoms with E-state index in [1.54, 1.807) is 64.2 Å². The highest BCUT2D eigenvalue weighted by atomic mass is 16.6. The Balaban J connectivity index is 5.89. The van der Waals surface area contributed by atoms with Crippen molar-refractivity contribution in [1.82, 2.24) is 0 Å². The summed E-state index contributed by atoms with van der Waals surface area (Å²) in [5.74, 6) is -2.59. The van der Waals surface area contributed by atoms with Crippen LogP contribution in [0.2, 0.25) is 0 Å². The van der Waals surface area contributed by atoms with Gasteiger partial charge in [0.25, 0.3) is 0 Å². The van der Waals surface area contributed by atoms with Crippen LogP contribution in [0.4, 0.5) is 0 Å². The van der Waals surface area contributed by atoms with Crippen molar-refractivity contribution in [2.45, 2.75) is 66.2 Å². The first-order valence-electron chi connectivity index (χ1n) is 12.5. The van der Waals surface area contributed by atoms with E-state index < -0.39 is 34.7 Å². The number of allylic oxidation sites excluding steroid dienone is 6. The minimum atomic E-state index is -1.49. The molecule has 0 fully saturated rings. The molecule has 0 saturated carbocycles. The van der Waals surface area contributed by atoms with Gasteiger partial charge in [-0.1, -0.05) is 36.5 Å². The largest absolute Gasteiger partial charge is 0.465 e. The minimum Gasteiger partial charge on any atom is -0.465 e. The van der Waals surface area contributed by atoms with Gasteiger partial charge in [0.2, 0.25) is 0 Å². The van der Waals surface area contributed by atoms with Gasteiger partial charge < -0.3 is 18.9 Å². The van der Waals surface area contributed by atoms with Gasteiger partial charge in [-0.05, 0) is 66.2 Å². The van der Waals surface area contributed by atoms with Crippen LogP contribution in [0, 0.1) is 10.8 Å². The highest BCUT2D eigenvalue weighted by molar-refractivity contribution is 6.01. The number of ether oxygens (including phenoxy) is 4. The molecule has 0 saturated heterocycles. The van der Waals surface area contributed by atoms with E-state index in [9.17, 15) is 19.2 Å². The normalized spacial score (nSPS) is 11.8. The molecule has 202 valence electrons. The Labute approximate surface area is 215 Å². The van der Waals surface area contributed by atoms with Crippen LogP contribution >= 0.6 is 0 Å². The maximum Gasteiger partial charge on any atom is 0.323 e. The van der Waals surface area contributed by atoms with Gasteiger partial charge >= 0.3 is 23.9 Å². The van der Waals surface area contributed by atoms with E-state index in [0.717, 1.165) is 0 Å². The van der Waals surface area contributed by atoms with Crippen molar-refractivity contribution < 1.29 is 38.1 Å². The van der Waals surface area contributed by atoms with Crippen LogP contribution in [0.5, 0.6) is 0 Å². The smallest absolute Gasteiger partial charge is 0.323 e. The quantitative estimate of drug-likeness (QED) is 0.0789. The van der Waals surface area contributed by atoms with Crippen LogP contribution in [0.1, 0.15) is 66.2 Å². The Morgan fingerprint density at radius 2 is 0.861 bits per heavy atom. The average Bonchev–Trinajstić information content (AvgIpc) is 2.85. The summed E-state index contributed by atoms with van der Waals surface area (Å²) in [4.78, 5) is 51.2. The Morgan fingerprint density at radius 3 is 1.08 bits per heavy atom. The molecule has 36 heavy (non-hydrogen) atoms. The number of rotatable bonds is 19. The first-order chi connectivity index (χ1) is 17.3. The van der Waals surface area contributed by atoms with E-state index in [-0.39, 0.29) is 52.1 Å². The lowest BCUT2D eigenvalue weighted by Crippen LogP contribution is -2.42. The molecule has 0 N–H and O–H groups in total. The lowest BCUT2D eigenvalue weighted by molar-refractivity contribution is -0.174. The van der Waals surface area contributed by atoms with Gasteiger partial charge in [-0.3, -0.25) is 19.2 Å². The predicted molar refractivity (Wildman–Crippen MR) is 138 cm³/mol. The van der Waals surface area contributed by atoms with Crippen LogP contribution in [0.3, 0.4) is 0 Å². The molecule has 0 aliphatic rings. The standard InChI is InChI=1S/C28H42O8/c1-7-13-19-27(23(29)33-9-3,24(30)34-10-4)21-17-15-16-18-22-28(20-14-8-2,25(31)35-11-5)26(32)36-12-6/h7-8,15-18H,1-2,9-14,19-22H2,3-6H3/b17-15+,18-16+. The highest BCUT2D eigenvalue weighted by Crippen LogP contribution is 2.34. The molecular weight excluding hydrogens is 464 g/mol. The maximum atomic E-state index is 12.8. The molecule has 0 unspecified atom stereocenters. The third-order valence-electron chi connectivity index (χ3n) is 5.53. The number of hydrogen-bond acceptors (Lipinski definition) is 8. The third kappa shape index (κ3) is 9.47. The van der Waals surface area contributed by atoms with Crippen molar-refractivity contribution in [3.8, 4) is 0 Å². The fraction of sp³-hybridized carbons (Fsp3) is 0.571. The second-order valence-electron chi connectivity index (χ2n) is 7.97. The fourth-order valence-electron chi connectivity index (χ4n) is 3.58.